The van der Waals surface area contributed by atoms with Crippen molar-refractivity contribution in [3.63, 3.8) is 0 Å². The first-order valence-electron chi connectivity index (χ1n) is 5.10. The molecule has 0 spiro atoms. The minimum absolute atomic E-state index is 0.189. The molecule has 92 valence electrons. The molecule has 2 aromatic rings. The summed E-state index contributed by atoms with van der Waals surface area (Å²) in [6.45, 7) is 3.90. The number of aromatic nitrogens is 2. The van der Waals surface area contributed by atoms with Gasteiger partial charge >= 0.3 is 6.36 Å². The van der Waals surface area contributed by atoms with Gasteiger partial charge in [-0.2, -0.15) is 0 Å². The van der Waals surface area contributed by atoms with E-state index in [9.17, 15) is 13.2 Å². The Hall–Kier alpha value is -1.72. The molecule has 17 heavy (non-hydrogen) atoms. The summed E-state index contributed by atoms with van der Waals surface area (Å²) >= 11 is 0. The minimum atomic E-state index is -4.67. The fourth-order valence-corrected chi connectivity index (χ4v) is 1.48. The summed E-state index contributed by atoms with van der Waals surface area (Å²) in [6, 6.07) is 4.04. The van der Waals surface area contributed by atoms with Gasteiger partial charge in [0.05, 0.1) is 11.0 Å². The molecule has 0 amide bonds. The van der Waals surface area contributed by atoms with Crippen LogP contribution in [0, 0.1) is 0 Å². The first kappa shape index (κ1) is 11.8. The zero-order valence-corrected chi connectivity index (χ0v) is 9.30. The molecule has 0 radical (unpaired) electrons. The fourth-order valence-electron chi connectivity index (χ4n) is 1.48. The van der Waals surface area contributed by atoms with Crippen LogP contribution in [-0.4, -0.2) is 16.3 Å². The number of nitrogens with zero attached hydrogens (tertiary/aromatic N) is 1. The number of halogens is 3. The number of fused-ring (bicyclic) bond motifs is 1. The number of alkyl halides is 3. The largest absolute Gasteiger partial charge is 0.573 e. The van der Waals surface area contributed by atoms with Crippen molar-refractivity contribution in [1.29, 1.82) is 0 Å². The number of H-pyrrole nitrogens is 1. The SMILES string of the molecule is CC(C)c1nc2ccc(OC(F)(F)F)cc2[nH]1. The number of nitrogens with one attached hydrogen (secondary N) is 1. The van der Waals surface area contributed by atoms with Crippen LogP contribution >= 0.6 is 0 Å². The lowest BCUT2D eigenvalue weighted by Crippen LogP contribution is -2.16. The number of imidazole rings is 1. The molecule has 0 aliphatic heterocycles. The normalized spacial score (nSPS) is 12.4. The average Bonchev–Trinajstić information content (AvgIpc) is 2.57. The molecule has 1 aromatic carbocycles. The first-order chi connectivity index (χ1) is 7.85. The Morgan fingerprint density at radius 1 is 1.29 bits per heavy atom. The molecule has 3 nitrogen and oxygen atoms in total. The van der Waals surface area contributed by atoms with Crippen molar-refractivity contribution in [2.45, 2.75) is 26.1 Å². The minimum Gasteiger partial charge on any atom is -0.406 e. The number of benzene rings is 1. The number of rotatable bonds is 2. The van der Waals surface area contributed by atoms with E-state index in [0.717, 1.165) is 5.82 Å². The molecule has 0 aliphatic rings. The Kier molecular flexibility index (Phi) is 2.73. The van der Waals surface area contributed by atoms with E-state index in [2.05, 4.69) is 14.7 Å². The Morgan fingerprint density at radius 2 is 2.00 bits per heavy atom. The van der Waals surface area contributed by atoms with Crippen LogP contribution in [0.2, 0.25) is 0 Å². The molecular formula is C11H11F3N2O. The molecule has 0 aliphatic carbocycles. The lowest BCUT2D eigenvalue weighted by atomic mass is 10.2. The maximum absolute atomic E-state index is 12.0. The molecule has 1 aromatic heterocycles. The average molecular weight is 244 g/mol. The lowest BCUT2D eigenvalue weighted by molar-refractivity contribution is -0.274. The highest BCUT2D eigenvalue weighted by atomic mass is 19.4. The van der Waals surface area contributed by atoms with Gasteiger partial charge in [-0.15, -0.1) is 13.2 Å². The zero-order valence-electron chi connectivity index (χ0n) is 9.30. The molecule has 1 N–H and O–H groups in total. The van der Waals surface area contributed by atoms with Crippen molar-refractivity contribution in [3.05, 3.63) is 24.0 Å². The number of aromatic amines is 1. The molecule has 6 heteroatoms. The summed E-state index contributed by atoms with van der Waals surface area (Å²) in [6.07, 6.45) is -4.67. The van der Waals surface area contributed by atoms with Crippen LogP contribution in [0.15, 0.2) is 18.2 Å². The second-order valence-corrected chi connectivity index (χ2v) is 4.00. The Balaban J connectivity index is 2.37. The molecule has 1 heterocycles. The fraction of sp³-hybridized carbons (Fsp3) is 0.364. The van der Waals surface area contributed by atoms with Gasteiger partial charge in [0.1, 0.15) is 11.6 Å². The third kappa shape index (κ3) is 2.69. The highest BCUT2D eigenvalue weighted by Gasteiger charge is 2.31. The van der Waals surface area contributed by atoms with Gasteiger partial charge in [-0.05, 0) is 12.1 Å². The Morgan fingerprint density at radius 3 is 2.59 bits per heavy atom. The van der Waals surface area contributed by atoms with Crippen molar-refractivity contribution >= 4 is 11.0 Å². The highest BCUT2D eigenvalue weighted by molar-refractivity contribution is 5.76. The van der Waals surface area contributed by atoms with Crippen molar-refractivity contribution in [2.75, 3.05) is 0 Å². The topological polar surface area (TPSA) is 37.9 Å². The van der Waals surface area contributed by atoms with Gasteiger partial charge < -0.3 is 9.72 Å². The zero-order chi connectivity index (χ0) is 12.6. The Labute approximate surface area is 95.6 Å². The van der Waals surface area contributed by atoms with Crippen molar-refractivity contribution in [3.8, 4) is 5.75 Å². The molecule has 2 rings (SSSR count). The first-order valence-corrected chi connectivity index (χ1v) is 5.10. The molecule has 0 fully saturated rings. The second kappa shape index (κ2) is 3.94. The number of hydrogen-bond acceptors (Lipinski definition) is 2. The van der Waals surface area contributed by atoms with E-state index in [1.165, 1.54) is 18.2 Å². The van der Waals surface area contributed by atoms with Crippen molar-refractivity contribution in [1.82, 2.24) is 9.97 Å². The second-order valence-electron chi connectivity index (χ2n) is 4.00. The van der Waals surface area contributed by atoms with Crippen LogP contribution in [0.5, 0.6) is 5.75 Å². The van der Waals surface area contributed by atoms with E-state index in [4.69, 9.17) is 0 Å². The van der Waals surface area contributed by atoms with Crippen LogP contribution in [0.4, 0.5) is 13.2 Å². The van der Waals surface area contributed by atoms with E-state index < -0.39 is 6.36 Å². The van der Waals surface area contributed by atoms with E-state index in [0.29, 0.717) is 11.0 Å². The standard InChI is InChI=1S/C11H11F3N2O/c1-6(2)10-15-8-4-3-7(5-9(8)16-10)17-11(12,13)14/h3-6H,1-2H3,(H,15,16). The van der Waals surface area contributed by atoms with Crippen LogP contribution < -0.4 is 4.74 Å². The maximum atomic E-state index is 12.0. The smallest absolute Gasteiger partial charge is 0.406 e. The van der Waals surface area contributed by atoms with E-state index in [1.54, 1.807) is 0 Å². The summed E-state index contributed by atoms with van der Waals surface area (Å²) < 4.78 is 39.9. The number of ether oxygens (including phenoxy) is 1. The predicted molar refractivity (Wildman–Crippen MR) is 56.9 cm³/mol. The van der Waals surface area contributed by atoms with E-state index in [1.807, 2.05) is 13.8 Å². The molecule has 0 unspecified atom stereocenters. The van der Waals surface area contributed by atoms with Gasteiger partial charge in [-0.25, -0.2) is 4.98 Å². The summed E-state index contributed by atoms with van der Waals surface area (Å²) in [5.41, 5.74) is 1.17. The van der Waals surface area contributed by atoms with Gasteiger partial charge in [0, 0.05) is 12.0 Å². The summed E-state index contributed by atoms with van der Waals surface area (Å²) in [4.78, 5) is 7.22. The summed E-state index contributed by atoms with van der Waals surface area (Å²) in [7, 11) is 0. The van der Waals surface area contributed by atoms with Gasteiger partial charge in [0.25, 0.3) is 0 Å². The molecule has 0 saturated heterocycles. The van der Waals surface area contributed by atoms with Crippen LogP contribution in [0.25, 0.3) is 11.0 Å². The van der Waals surface area contributed by atoms with E-state index >= 15 is 0 Å². The molecule has 0 bridgehead atoms. The third-order valence-corrected chi connectivity index (χ3v) is 2.25. The Bertz CT molecular complexity index is 531. The lowest BCUT2D eigenvalue weighted by Gasteiger charge is -2.07. The highest BCUT2D eigenvalue weighted by Crippen LogP contribution is 2.26. The molecular weight excluding hydrogens is 233 g/mol. The third-order valence-electron chi connectivity index (χ3n) is 2.25. The van der Waals surface area contributed by atoms with Crippen molar-refractivity contribution in [2.24, 2.45) is 0 Å². The quantitative estimate of drug-likeness (QED) is 0.876. The van der Waals surface area contributed by atoms with E-state index in [-0.39, 0.29) is 11.7 Å². The monoisotopic (exact) mass is 244 g/mol. The maximum Gasteiger partial charge on any atom is 0.573 e. The van der Waals surface area contributed by atoms with Crippen LogP contribution in [-0.2, 0) is 0 Å². The van der Waals surface area contributed by atoms with Gasteiger partial charge in [0.15, 0.2) is 0 Å². The van der Waals surface area contributed by atoms with Crippen molar-refractivity contribution < 1.29 is 17.9 Å². The number of hydrogen-bond donors (Lipinski definition) is 1. The van der Waals surface area contributed by atoms with Crippen LogP contribution in [0.1, 0.15) is 25.6 Å². The summed E-state index contributed by atoms with van der Waals surface area (Å²) in [5, 5.41) is 0. The van der Waals surface area contributed by atoms with Gasteiger partial charge in [0.2, 0.25) is 0 Å². The predicted octanol–water partition coefficient (Wildman–Crippen LogP) is 3.58. The molecule has 0 atom stereocenters. The van der Waals surface area contributed by atoms with Gasteiger partial charge in [-0.1, -0.05) is 13.8 Å². The van der Waals surface area contributed by atoms with Gasteiger partial charge in [-0.3, -0.25) is 0 Å². The summed E-state index contributed by atoms with van der Waals surface area (Å²) in [5.74, 6) is 0.683. The molecule has 0 saturated carbocycles. The van der Waals surface area contributed by atoms with Crippen LogP contribution in [0.3, 0.4) is 0 Å².